The summed E-state index contributed by atoms with van der Waals surface area (Å²) in [6, 6.07) is 10.3. The van der Waals surface area contributed by atoms with Crippen molar-refractivity contribution in [1.82, 2.24) is 20.1 Å². The molecule has 0 unspecified atom stereocenters. The number of H-pyrrole nitrogens is 1. The van der Waals surface area contributed by atoms with E-state index in [-0.39, 0.29) is 24.2 Å². The molecule has 0 aliphatic carbocycles. The Morgan fingerprint density at radius 2 is 2.00 bits per heavy atom. The lowest BCUT2D eigenvalue weighted by Crippen LogP contribution is -2.39. The molecule has 1 amide bonds. The lowest BCUT2D eigenvalue weighted by Gasteiger charge is -2.36. The molecule has 4 rings (SSSR count). The Labute approximate surface area is 157 Å². The first-order valence-corrected chi connectivity index (χ1v) is 9.20. The summed E-state index contributed by atoms with van der Waals surface area (Å²) >= 11 is 0. The third-order valence-corrected chi connectivity index (χ3v) is 5.12. The zero-order chi connectivity index (χ0) is 18.6. The number of nitrogens with one attached hydrogen (secondary N) is 1. The predicted molar refractivity (Wildman–Crippen MR) is 100 cm³/mol. The summed E-state index contributed by atoms with van der Waals surface area (Å²) in [4.78, 5) is 18.9. The number of carbonyl (C=O) groups excluding carboxylic acids is 1. The zero-order valence-corrected chi connectivity index (χ0v) is 14.9. The number of halogens is 1. The average molecular weight is 364 g/mol. The topological polar surface area (TPSA) is 61.9 Å². The quantitative estimate of drug-likeness (QED) is 0.764. The van der Waals surface area contributed by atoms with Crippen LogP contribution in [0.2, 0.25) is 0 Å². The first-order chi connectivity index (χ1) is 13.2. The molecule has 1 aliphatic heterocycles. The van der Waals surface area contributed by atoms with Gasteiger partial charge in [0.25, 0.3) is 0 Å². The summed E-state index contributed by atoms with van der Waals surface area (Å²) in [6.45, 7) is 0.673. The van der Waals surface area contributed by atoms with Gasteiger partial charge >= 0.3 is 0 Å². The SMILES string of the molecule is O=C(Cc1ccccc1F)N1CCCC[C@@H]1c1[nH]ncc1-c1ccncc1. The number of aromatic nitrogens is 3. The molecular weight excluding hydrogens is 343 g/mol. The van der Waals surface area contributed by atoms with E-state index < -0.39 is 0 Å². The van der Waals surface area contributed by atoms with Gasteiger partial charge in [-0.15, -0.1) is 0 Å². The molecule has 138 valence electrons. The Kier molecular flexibility index (Phi) is 4.96. The second-order valence-corrected chi connectivity index (χ2v) is 6.80. The van der Waals surface area contributed by atoms with Gasteiger partial charge in [0.05, 0.1) is 24.4 Å². The number of pyridine rings is 1. The smallest absolute Gasteiger partial charge is 0.227 e. The van der Waals surface area contributed by atoms with Crippen LogP contribution in [0.1, 0.15) is 36.6 Å². The van der Waals surface area contributed by atoms with Crippen molar-refractivity contribution in [3.8, 4) is 11.1 Å². The van der Waals surface area contributed by atoms with Crippen LogP contribution in [0.5, 0.6) is 0 Å². The van der Waals surface area contributed by atoms with Gasteiger partial charge in [0.15, 0.2) is 0 Å². The van der Waals surface area contributed by atoms with Crippen molar-refractivity contribution in [2.75, 3.05) is 6.54 Å². The molecule has 1 N–H and O–H groups in total. The number of amides is 1. The highest BCUT2D eigenvalue weighted by molar-refractivity contribution is 5.80. The van der Waals surface area contributed by atoms with E-state index in [0.29, 0.717) is 12.1 Å². The van der Waals surface area contributed by atoms with Crippen LogP contribution in [0.25, 0.3) is 11.1 Å². The second kappa shape index (κ2) is 7.70. The number of hydrogen-bond acceptors (Lipinski definition) is 3. The van der Waals surface area contributed by atoms with E-state index in [1.807, 2.05) is 17.0 Å². The van der Waals surface area contributed by atoms with Gasteiger partial charge in [0, 0.05) is 24.5 Å². The largest absolute Gasteiger partial charge is 0.334 e. The monoisotopic (exact) mass is 364 g/mol. The van der Waals surface area contributed by atoms with Gasteiger partial charge in [0.1, 0.15) is 5.82 Å². The maximum absolute atomic E-state index is 14.0. The fraction of sp³-hybridized carbons (Fsp3) is 0.286. The van der Waals surface area contributed by atoms with E-state index in [1.165, 1.54) is 6.07 Å². The van der Waals surface area contributed by atoms with E-state index >= 15 is 0 Å². The van der Waals surface area contributed by atoms with Crippen molar-refractivity contribution in [1.29, 1.82) is 0 Å². The van der Waals surface area contributed by atoms with E-state index in [9.17, 15) is 9.18 Å². The van der Waals surface area contributed by atoms with Crippen molar-refractivity contribution in [2.45, 2.75) is 31.7 Å². The molecule has 1 fully saturated rings. The van der Waals surface area contributed by atoms with Crippen LogP contribution in [-0.4, -0.2) is 32.5 Å². The summed E-state index contributed by atoms with van der Waals surface area (Å²) in [5.41, 5.74) is 3.36. The molecule has 0 radical (unpaired) electrons. The fourth-order valence-corrected chi connectivity index (χ4v) is 3.75. The van der Waals surface area contributed by atoms with Gasteiger partial charge in [-0.3, -0.25) is 14.9 Å². The summed E-state index contributed by atoms with van der Waals surface area (Å²) in [5.74, 6) is -0.390. The van der Waals surface area contributed by atoms with Crippen molar-refractivity contribution in [2.24, 2.45) is 0 Å². The molecule has 2 aromatic heterocycles. The van der Waals surface area contributed by atoms with Gasteiger partial charge in [-0.1, -0.05) is 18.2 Å². The van der Waals surface area contributed by atoms with E-state index in [2.05, 4.69) is 15.2 Å². The molecule has 1 aliphatic rings. The van der Waals surface area contributed by atoms with Crippen LogP contribution in [0.15, 0.2) is 55.0 Å². The number of hydrogen-bond donors (Lipinski definition) is 1. The highest BCUT2D eigenvalue weighted by atomic mass is 19.1. The number of carbonyl (C=O) groups is 1. The van der Waals surface area contributed by atoms with Crippen LogP contribution in [0, 0.1) is 5.82 Å². The highest BCUT2D eigenvalue weighted by Crippen LogP contribution is 2.35. The number of piperidine rings is 1. The maximum atomic E-state index is 14.0. The van der Waals surface area contributed by atoms with Gasteiger partial charge in [-0.2, -0.15) is 5.10 Å². The van der Waals surface area contributed by atoms with Crippen LogP contribution in [0.3, 0.4) is 0 Å². The van der Waals surface area contributed by atoms with Gasteiger partial charge in [-0.25, -0.2) is 4.39 Å². The molecule has 0 saturated carbocycles. The Bertz CT molecular complexity index is 925. The van der Waals surface area contributed by atoms with Crippen LogP contribution in [0.4, 0.5) is 4.39 Å². The van der Waals surface area contributed by atoms with Crippen molar-refractivity contribution in [3.63, 3.8) is 0 Å². The predicted octanol–water partition coefficient (Wildman–Crippen LogP) is 3.91. The van der Waals surface area contributed by atoms with Crippen LogP contribution < -0.4 is 0 Å². The zero-order valence-electron chi connectivity index (χ0n) is 14.9. The van der Waals surface area contributed by atoms with E-state index in [1.54, 1.807) is 36.8 Å². The summed E-state index contributed by atoms with van der Waals surface area (Å²) in [6.07, 6.45) is 8.22. The summed E-state index contributed by atoms with van der Waals surface area (Å²) < 4.78 is 14.0. The lowest BCUT2D eigenvalue weighted by atomic mass is 9.94. The normalized spacial score (nSPS) is 17.1. The molecule has 1 aromatic carbocycles. The molecule has 3 aromatic rings. The molecule has 27 heavy (non-hydrogen) atoms. The Hall–Kier alpha value is -3.02. The Morgan fingerprint density at radius 1 is 1.19 bits per heavy atom. The lowest BCUT2D eigenvalue weighted by molar-refractivity contribution is -0.134. The van der Waals surface area contributed by atoms with Gasteiger partial charge < -0.3 is 4.90 Å². The maximum Gasteiger partial charge on any atom is 0.227 e. The summed E-state index contributed by atoms with van der Waals surface area (Å²) in [5, 5.41) is 7.32. The molecule has 1 atom stereocenters. The number of likely N-dealkylation sites (tertiary alicyclic amines) is 1. The molecule has 3 heterocycles. The molecule has 5 nitrogen and oxygen atoms in total. The fourth-order valence-electron chi connectivity index (χ4n) is 3.75. The summed E-state index contributed by atoms with van der Waals surface area (Å²) in [7, 11) is 0. The Balaban J connectivity index is 1.61. The van der Waals surface area contributed by atoms with Crippen molar-refractivity contribution < 1.29 is 9.18 Å². The van der Waals surface area contributed by atoms with Gasteiger partial charge in [-0.05, 0) is 48.6 Å². The molecule has 6 heteroatoms. The number of benzene rings is 1. The molecule has 0 spiro atoms. The third kappa shape index (κ3) is 3.60. The van der Waals surface area contributed by atoms with Crippen molar-refractivity contribution in [3.05, 3.63) is 72.1 Å². The minimum Gasteiger partial charge on any atom is -0.334 e. The first kappa shape index (κ1) is 17.4. The number of aromatic amines is 1. The average Bonchev–Trinajstić information content (AvgIpc) is 3.20. The standard InChI is InChI=1S/C21H21FN4O/c22-18-6-2-1-5-16(18)13-20(27)26-12-4-3-7-19(26)21-17(14-24-25-21)15-8-10-23-11-9-15/h1-2,5-6,8-11,14,19H,3-4,7,12-13H2,(H,24,25)/t19-/m1/s1. The van der Waals surface area contributed by atoms with Crippen LogP contribution in [-0.2, 0) is 11.2 Å². The highest BCUT2D eigenvalue weighted by Gasteiger charge is 2.31. The minimum absolute atomic E-state index is 0.0555. The molecule has 0 bridgehead atoms. The second-order valence-electron chi connectivity index (χ2n) is 6.80. The van der Waals surface area contributed by atoms with E-state index in [0.717, 1.165) is 36.1 Å². The Morgan fingerprint density at radius 3 is 2.81 bits per heavy atom. The van der Waals surface area contributed by atoms with E-state index in [4.69, 9.17) is 0 Å². The van der Waals surface area contributed by atoms with Gasteiger partial charge in [0.2, 0.25) is 5.91 Å². The first-order valence-electron chi connectivity index (χ1n) is 9.20. The van der Waals surface area contributed by atoms with Crippen LogP contribution >= 0.6 is 0 Å². The molecular formula is C21H21FN4O. The molecule has 1 saturated heterocycles. The number of nitrogens with zero attached hydrogens (tertiary/aromatic N) is 3. The minimum atomic E-state index is -0.335. The van der Waals surface area contributed by atoms with Crippen molar-refractivity contribution >= 4 is 5.91 Å². The number of rotatable bonds is 4. The third-order valence-electron chi connectivity index (χ3n) is 5.12.